The number of alkyl halides is 3. The number of nitrogens with zero attached hydrogens (tertiary/aromatic N) is 1. The number of carbonyl (C=O) groups is 1. The maximum atomic E-state index is 12.6. The van der Waals surface area contributed by atoms with Crippen molar-refractivity contribution in [3.05, 3.63) is 65.3 Å². The summed E-state index contributed by atoms with van der Waals surface area (Å²) in [6.07, 6.45) is -1.23. The van der Waals surface area contributed by atoms with Crippen LogP contribution < -0.4 is 0 Å². The Kier molecular flexibility index (Phi) is 5.06. The summed E-state index contributed by atoms with van der Waals surface area (Å²) in [4.78, 5) is 14.1. The Balaban J connectivity index is 1.81. The molecule has 1 aliphatic heterocycles. The van der Waals surface area contributed by atoms with Gasteiger partial charge in [-0.1, -0.05) is 42.2 Å². The molecule has 0 bridgehead atoms. The van der Waals surface area contributed by atoms with Gasteiger partial charge in [-0.05, 0) is 24.3 Å². The summed E-state index contributed by atoms with van der Waals surface area (Å²) in [5, 5.41) is 0. The van der Waals surface area contributed by atoms with Crippen LogP contribution in [0.1, 0.15) is 11.3 Å². The molecular formula is C18H12F3NO2S2. The van der Waals surface area contributed by atoms with Crippen molar-refractivity contribution in [2.75, 3.05) is 6.54 Å². The first kappa shape index (κ1) is 18.5. The highest BCUT2D eigenvalue weighted by Gasteiger charge is 2.31. The third-order valence-electron chi connectivity index (χ3n) is 3.58. The van der Waals surface area contributed by atoms with Crippen LogP contribution in [0.5, 0.6) is 0 Å². The quantitative estimate of drug-likeness (QED) is 0.397. The zero-order valence-corrected chi connectivity index (χ0v) is 14.9. The lowest BCUT2D eigenvalue weighted by atomic mass is 10.1. The van der Waals surface area contributed by atoms with E-state index in [1.807, 2.05) is 0 Å². The van der Waals surface area contributed by atoms with Gasteiger partial charge in [-0.15, -0.1) is 6.58 Å². The van der Waals surface area contributed by atoms with Crippen LogP contribution in [-0.2, 0) is 11.0 Å². The molecule has 0 saturated carbocycles. The first-order valence-electron chi connectivity index (χ1n) is 7.43. The van der Waals surface area contributed by atoms with Crippen molar-refractivity contribution in [3.8, 4) is 11.3 Å². The molecule has 0 unspecified atom stereocenters. The fraction of sp³-hybridized carbons (Fsp3) is 0.111. The van der Waals surface area contributed by atoms with Crippen LogP contribution in [0.4, 0.5) is 13.2 Å². The average molecular weight is 395 g/mol. The monoisotopic (exact) mass is 395 g/mol. The van der Waals surface area contributed by atoms with Gasteiger partial charge >= 0.3 is 6.18 Å². The first-order valence-corrected chi connectivity index (χ1v) is 8.66. The van der Waals surface area contributed by atoms with Crippen LogP contribution in [0.2, 0.25) is 0 Å². The molecule has 1 aromatic carbocycles. The van der Waals surface area contributed by atoms with Crippen molar-refractivity contribution < 1.29 is 22.4 Å². The van der Waals surface area contributed by atoms with Gasteiger partial charge in [-0.25, -0.2) is 0 Å². The number of hydrogen-bond acceptors (Lipinski definition) is 4. The molecule has 1 saturated heterocycles. The summed E-state index contributed by atoms with van der Waals surface area (Å²) in [6, 6.07) is 7.96. The molecule has 134 valence electrons. The maximum absolute atomic E-state index is 12.6. The Hall–Kier alpha value is -2.32. The lowest BCUT2D eigenvalue weighted by Crippen LogP contribution is -2.27. The van der Waals surface area contributed by atoms with Gasteiger partial charge in [0.05, 0.1) is 10.5 Å². The van der Waals surface area contributed by atoms with Crippen LogP contribution in [0.3, 0.4) is 0 Å². The van der Waals surface area contributed by atoms with Gasteiger partial charge in [0.15, 0.2) is 0 Å². The van der Waals surface area contributed by atoms with Gasteiger partial charge in [-0.3, -0.25) is 9.69 Å². The number of thiocarbonyl (C=S) groups is 1. The molecule has 1 fully saturated rings. The lowest BCUT2D eigenvalue weighted by Gasteiger charge is -2.10. The summed E-state index contributed by atoms with van der Waals surface area (Å²) in [5.74, 6) is 0.595. The third-order valence-corrected chi connectivity index (χ3v) is 4.96. The summed E-state index contributed by atoms with van der Waals surface area (Å²) in [7, 11) is 0. The van der Waals surface area contributed by atoms with E-state index in [2.05, 4.69) is 6.58 Å². The fourth-order valence-corrected chi connectivity index (χ4v) is 3.58. The van der Waals surface area contributed by atoms with Gasteiger partial charge in [0.2, 0.25) is 0 Å². The van der Waals surface area contributed by atoms with Crippen LogP contribution in [0.25, 0.3) is 17.4 Å². The number of hydrogen-bond donors (Lipinski definition) is 0. The van der Waals surface area contributed by atoms with Crippen LogP contribution >= 0.6 is 24.0 Å². The second kappa shape index (κ2) is 7.13. The zero-order valence-electron chi connectivity index (χ0n) is 13.2. The maximum Gasteiger partial charge on any atom is 0.416 e. The largest absolute Gasteiger partial charge is 0.457 e. The topological polar surface area (TPSA) is 33.5 Å². The molecule has 0 N–H and O–H groups in total. The zero-order chi connectivity index (χ0) is 18.9. The van der Waals surface area contributed by atoms with Gasteiger partial charge in [-0.2, -0.15) is 13.2 Å². The molecule has 1 aliphatic rings. The normalized spacial score (nSPS) is 16.6. The van der Waals surface area contributed by atoms with E-state index in [0.29, 0.717) is 32.9 Å². The van der Waals surface area contributed by atoms with Crippen molar-refractivity contribution in [1.82, 2.24) is 4.90 Å². The number of benzene rings is 1. The number of furan rings is 1. The minimum atomic E-state index is -4.38. The molecule has 1 aromatic heterocycles. The highest BCUT2D eigenvalue weighted by Crippen LogP contribution is 2.34. The second-order valence-electron chi connectivity index (χ2n) is 5.36. The van der Waals surface area contributed by atoms with E-state index in [4.69, 9.17) is 16.6 Å². The smallest absolute Gasteiger partial charge is 0.416 e. The molecule has 0 atom stereocenters. The minimum Gasteiger partial charge on any atom is -0.457 e. The molecular weight excluding hydrogens is 383 g/mol. The number of rotatable bonds is 4. The van der Waals surface area contributed by atoms with E-state index in [1.54, 1.807) is 24.3 Å². The van der Waals surface area contributed by atoms with Gasteiger partial charge in [0, 0.05) is 18.2 Å². The molecule has 0 radical (unpaired) electrons. The predicted molar refractivity (Wildman–Crippen MR) is 99.2 cm³/mol. The molecule has 3 rings (SSSR count). The van der Waals surface area contributed by atoms with Crippen molar-refractivity contribution >= 4 is 40.3 Å². The molecule has 26 heavy (non-hydrogen) atoms. The predicted octanol–water partition coefficient (Wildman–Crippen LogP) is 5.35. The molecule has 2 aromatic rings. The Morgan fingerprint density at radius 2 is 1.88 bits per heavy atom. The van der Waals surface area contributed by atoms with E-state index in [-0.39, 0.29) is 5.91 Å². The first-order chi connectivity index (χ1) is 12.3. The second-order valence-corrected chi connectivity index (χ2v) is 7.03. The molecule has 0 aliphatic carbocycles. The van der Waals surface area contributed by atoms with Crippen LogP contribution in [0.15, 0.2) is 58.4 Å². The highest BCUT2D eigenvalue weighted by molar-refractivity contribution is 8.26. The van der Waals surface area contributed by atoms with Gasteiger partial charge < -0.3 is 4.42 Å². The van der Waals surface area contributed by atoms with Gasteiger partial charge in [0.25, 0.3) is 5.91 Å². The molecule has 3 nitrogen and oxygen atoms in total. The molecule has 0 spiro atoms. The van der Waals surface area contributed by atoms with Crippen molar-refractivity contribution in [1.29, 1.82) is 0 Å². The summed E-state index contributed by atoms with van der Waals surface area (Å²) < 4.78 is 43.9. The lowest BCUT2D eigenvalue weighted by molar-refractivity contribution is -0.137. The van der Waals surface area contributed by atoms with Crippen molar-refractivity contribution in [2.45, 2.75) is 6.18 Å². The number of halogens is 3. The Labute approximate surface area is 157 Å². The van der Waals surface area contributed by atoms with E-state index in [1.165, 1.54) is 17.0 Å². The highest BCUT2D eigenvalue weighted by atomic mass is 32.2. The van der Waals surface area contributed by atoms with E-state index < -0.39 is 11.7 Å². The third kappa shape index (κ3) is 3.76. The minimum absolute atomic E-state index is 0.229. The fourth-order valence-electron chi connectivity index (χ4n) is 2.32. The molecule has 2 heterocycles. The molecule has 8 heteroatoms. The van der Waals surface area contributed by atoms with E-state index >= 15 is 0 Å². The van der Waals surface area contributed by atoms with Gasteiger partial charge in [0.1, 0.15) is 15.8 Å². The Morgan fingerprint density at radius 3 is 2.50 bits per heavy atom. The van der Waals surface area contributed by atoms with Crippen molar-refractivity contribution in [2.24, 2.45) is 0 Å². The Bertz CT molecular complexity index is 898. The van der Waals surface area contributed by atoms with Crippen molar-refractivity contribution in [3.63, 3.8) is 0 Å². The SMILES string of the molecule is C=CCN1C(=O)/C(=C/c2ccc(-c3ccc(C(F)(F)F)cc3)o2)SC1=S. The number of thioether (sulfide) groups is 1. The summed E-state index contributed by atoms with van der Waals surface area (Å²) in [6.45, 7) is 3.92. The van der Waals surface area contributed by atoms with Crippen LogP contribution in [0, 0.1) is 0 Å². The number of carbonyl (C=O) groups excluding carboxylic acids is 1. The average Bonchev–Trinajstić information content (AvgIpc) is 3.15. The van der Waals surface area contributed by atoms with E-state index in [0.717, 1.165) is 23.9 Å². The van der Waals surface area contributed by atoms with E-state index in [9.17, 15) is 18.0 Å². The standard InChI is InChI=1S/C18H12F3NO2S2/c1-2-9-22-16(23)15(26-17(22)25)10-13-7-8-14(24-13)11-3-5-12(6-4-11)18(19,20)21/h2-8,10H,1,9H2/b15-10-. The Morgan fingerprint density at radius 1 is 1.19 bits per heavy atom. The summed E-state index contributed by atoms with van der Waals surface area (Å²) >= 11 is 6.32. The summed E-state index contributed by atoms with van der Waals surface area (Å²) in [5.41, 5.74) is -0.212. The van der Waals surface area contributed by atoms with Crippen LogP contribution in [-0.4, -0.2) is 21.7 Å². The molecule has 1 amide bonds. The number of amides is 1.